The van der Waals surface area contributed by atoms with Gasteiger partial charge in [0.05, 0.1) is 5.41 Å². The lowest BCUT2D eigenvalue weighted by molar-refractivity contribution is -0.130. The lowest BCUT2D eigenvalue weighted by Crippen LogP contribution is -2.42. The van der Waals surface area contributed by atoms with Gasteiger partial charge in [0.25, 0.3) is 0 Å². The van der Waals surface area contributed by atoms with E-state index in [0.29, 0.717) is 0 Å². The van der Waals surface area contributed by atoms with E-state index < -0.39 is 0 Å². The van der Waals surface area contributed by atoms with E-state index in [9.17, 15) is 4.79 Å². The molecule has 0 radical (unpaired) electrons. The summed E-state index contributed by atoms with van der Waals surface area (Å²) in [4.78, 5) is 12.2. The average Bonchev–Trinajstić information content (AvgIpc) is 3.00. The molecule has 4 heteroatoms. The number of carbonyl (C=O) groups excluding carboxylic acids is 1. The number of carbonyl (C=O) groups is 1. The Hall–Kier alpha value is -0.870. The Morgan fingerprint density at radius 1 is 1.65 bits per heavy atom. The molecule has 0 aromatic carbocycles. The fourth-order valence-electron chi connectivity index (χ4n) is 2.34. The predicted octanol–water partition coefficient (Wildman–Crippen LogP) is 1.80. The Morgan fingerprint density at radius 3 is 3.12 bits per heavy atom. The maximum atomic E-state index is 12.2. The summed E-state index contributed by atoms with van der Waals surface area (Å²) < 4.78 is 0. The first kappa shape index (κ1) is 12.6. The lowest BCUT2D eigenvalue weighted by atomic mass is 9.83. The van der Waals surface area contributed by atoms with Gasteiger partial charge < -0.3 is 10.6 Å². The molecule has 0 saturated carbocycles. The number of amides is 1. The molecular weight excluding hydrogens is 232 g/mol. The zero-order chi connectivity index (χ0) is 12.1. The number of hydrogen-bond acceptors (Lipinski definition) is 3. The third kappa shape index (κ3) is 2.87. The molecule has 1 aromatic rings. The van der Waals surface area contributed by atoms with Crippen LogP contribution < -0.4 is 10.6 Å². The van der Waals surface area contributed by atoms with E-state index in [0.717, 1.165) is 38.9 Å². The third-order valence-electron chi connectivity index (χ3n) is 3.68. The normalized spacial score (nSPS) is 23.8. The molecule has 1 amide bonds. The largest absolute Gasteiger partial charge is 0.355 e. The topological polar surface area (TPSA) is 41.1 Å². The molecule has 17 heavy (non-hydrogen) atoms. The highest BCUT2D eigenvalue weighted by Crippen LogP contribution is 2.29. The van der Waals surface area contributed by atoms with E-state index in [1.54, 1.807) is 11.3 Å². The Morgan fingerprint density at radius 2 is 2.53 bits per heavy atom. The monoisotopic (exact) mass is 252 g/mol. The molecule has 1 fully saturated rings. The molecule has 0 bridgehead atoms. The van der Waals surface area contributed by atoms with E-state index in [4.69, 9.17) is 0 Å². The molecule has 1 aromatic heterocycles. The number of hydrogen-bond donors (Lipinski definition) is 2. The molecule has 1 aliphatic heterocycles. The molecule has 1 unspecified atom stereocenters. The van der Waals surface area contributed by atoms with Crippen molar-refractivity contribution < 1.29 is 4.79 Å². The zero-order valence-electron chi connectivity index (χ0n) is 10.3. The summed E-state index contributed by atoms with van der Waals surface area (Å²) in [5.41, 5.74) is 1.15. The summed E-state index contributed by atoms with van der Waals surface area (Å²) in [6, 6.07) is 2.11. The maximum absolute atomic E-state index is 12.2. The highest BCUT2D eigenvalue weighted by atomic mass is 32.1. The second-order valence-electron chi connectivity index (χ2n) is 4.70. The van der Waals surface area contributed by atoms with Gasteiger partial charge in [-0.05, 0) is 48.2 Å². The molecule has 2 N–H and O–H groups in total. The van der Waals surface area contributed by atoms with Crippen LogP contribution in [0, 0.1) is 5.41 Å². The summed E-state index contributed by atoms with van der Waals surface area (Å²) in [6.45, 7) is 4.64. The fraction of sp³-hybridized carbons (Fsp3) is 0.615. The van der Waals surface area contributed by atoms with Crippen LogP contribution in [0.25, 0.3) is 0 Å². The van der Waals surface area contributed by atoms with Crippen LogP contribution in [0.15, 0.2) is 16.8 Å². The van der Waals surface area contributed by atoms with Crippen molar-refractivity contribution in [3.63, 3.8) is 0 Å². The summed E-state index contributed by atoms with van der Waals surface area (Å²) in [6.07, 6.45) is 2.82. The summed E-state index contributed by atoms with van der Waals surface area (Å²) in [5.74, 6) is 0.222. The van der Waals surface area contributed by atoms with Crippen LogP contribution in [-0.4, -0.2) is 25.5 Å². The first-order chi connectivity index (χ1) is 8.27. The van der Waals surface area contributed by atoms with Gasteiger partial charge in [0.1, 0.15) is 0 Å². The molecule has 2 rings (SSSR count). The minimum Gasteiger partial charge on any atom is -0.355 e. The molecule has 2 heterocycles. The molecule has 0 aliphatic carbocycles. The number of rotatable bonds is 5. The second kappa shape index (κ2) is 5.65. The highest BCUT2D eigenvalue weighted by Gasteiger charge is 2.38. The van der Waals surface area contributed by atoms with Gasteiger partial charge in [-0.25, -0.2) is 0 Å². The number of thiophene rings is 1. The van der Waals surface area contributed by atoms with E-state index in [-0.39, 0.29) is 11.3 Å². The van der Waals surface area contributed by atoms with Crippen LogP contribution in [0.3, 0.4) is 0 Å². The van der Waals surface area contributed by atoms with Crippen molar-refractivity contribution in [1.29, 1.82) is 0 Å². The predicted molar refractivity (Wildman–Crippen MR) is 71.2 cm³/mol. The van der Waals surface area contributed by atoms with Gasteiger partial charge in [-0.15, -0.1) is 0 Å². The summed E-state index contributed by atoms with van der Waals surface area (Å²) in [5, 5.41) is 10.6. The van der Waals surface area contributed by atoms with Gasteiger partial charge >= 0.3 is 0 Å². The van der Waals surface area contributed by atoms with Gasteiger partial charge in [0.15, 0.2) is 0 Å². The van der Waals surface area contributed by atoms with Crippen LogP contribution in [0.2, 0.25) is 0 Å². The molecule has 94 valence electrons. The zero-order valence-corrected chi connectivity index (χ0v) is 11.1. The first-order valence-electron chi connectivity index (χ1n) is 6.27. The lowest BCUT2D eigenvalue weighted by Gasteiger charge is -2.25. The van der Waals surface area contributed by atoms with Crippen molar-refractivity contribution >= 4 is 17.2 Å². The van der Waals surface area contributed by atoms with Gasteiger partial charge in [-0.2, -0.15) is 11.3 Å². The van der Waals surface area contributed by atoms with Gasteiger partial charge in [-0.1, -0.05) is 6.92 Å². The molecule has 0 spiro atoms. The van der Waals surface area contributed by atoms with Crippen LogP contribution in [0.4, 0.5) is 0 Å². The van der Waals surface area contributed by atoms with E-state index >= 15 is 0 Å². The minimum atomic E-state index is -0.158. The Bertz CT molecular complexity index is 356. The first-order valence-corrected chi connectivity index (χ1v) is 7.21. The molecule has 3 nitrogen and oxygen atoms in total. The summed E-state index contributed by atoms with van der Waals surface area (Å²) >= 11 is 1.70. The van der Waals surface area contributed by atoms with Gasteiger partial charge in [0.2, 0.25) is 5.91 Å². The van der Waals surface area contributed by atoms with Crippen molar-refractivity contribution in [2.24, 2.45) is 5.41 Å². The van der Waals surface area contributed by atoms with Crippen LogP contribution in [-0.2, 0) is 11.2 Å². The second-order valence-corrected chi connectivity index (χ2v) is 5.48. The van der Waals surface area contributed by atoms with Crippen molar-refractivity contribution in [3.05, 3.63) is 22.4 Å². The molecule has 1 aliphatic rings. The van der Waals surface area contributed by atoms with Crippen LogP contribution >= 0.6 is 11.3 Å². The Labute approximate surface area is 107 Å². The smallest absolute Gasteiger partial charge is 0.227 e. The van der Waals surface area contributed by atoms with Gasteiger partial charge in [0, 0.05) is 13.1 Å². The van der Waals surface area contributed by atoms with Crippen molar-refractivity contribution in [2.75, 3.05) is 19.6 Å². The van der Waals surface area contributed by atoms with Crippen LogP contribution in [0.1, 0.15) is 25.3 Å². The third-order valence-corrected chi connectivity index (χ3v) is 4.41. The Balaban J connectivity index is 1.80. The minimum absolute atomic E-state index is 0.158. The summed E-state index contributed by atoms with van der Waals surface area (Å²) in [7, 11) is 0. The number of nitrogens with one attached hydrogen (secondary N) is 2. The van der Waals surface area contributed by atoms with Gasteiger partial charge in [-0.3, -0.25) is 4.79 Å². The highest BCUT2D eigenvalue weighted by molar-refractivity contribution is 7.07. The van der Waals surface area contributed by atoms with Crippen molar-refractivity contribution in [3.8, 4) is 0 Å². The van der Waals surface area contributed by atoms with Crippen molar-refractivity contribution in [1.82, 2.24) is 10.6 Å². The van der Waals surface area contributed by atoms with E-state index in [2.05, 4.69) is 34.4 Å². The van der Waals surface area contributed by atoms with Crippen LogP contribution in [0.5, 0.6) is 0 Å². The SMILES string of the molecule is CCC1(C(=O)NCCc2ccsc2)CCNC1. The standard InChI is InChI=1S/C13H20N2OS/c1-2-13(5-7-14-10-13)12(16)15-6-3-11-4-8-17-9-11/h4,8-9,14H,2-3,5-7,10H2,1H3,(H,15,16). The molecular formula is C13H20N2OS. The average molecular weight is 252 g/mol. The maximum Gasteiger partial charge on any atom is 0.227 e. The van der Waals surface area contributed by atoms with Crippen molar-refractivity contribution in [2.45, 2.75) is 26.2 Å². The van der Waals surface area contributed by atoms with E-state index in [1.165, 1.54) is 5.56 Å². The quantitative estimate of drug-likeness (QED) is 0.839. The molecule has 1 saturated heterocycles. The molecule has 1 atom stereocenters. The van der Waals surface area contributed by atoms with E-state index in [1.807, 2.05) is 0 Å². The fourth-order valence-corrected chi connectivity index (χ4v) is 3.05. The Kier molecular flexibility index (Phi) is 4.18.